The highest BCUT2D eigenvalue weighted by molar-refractivity contribution is 5.35. The molecule has 1 heteroatoms. The van der Waals surface area contributed by atoms with E-state index in [-0.39, 0.29) is 0 Å². The minimum atomic E-state index is 0.430. The summed E-state index contributed by atoms with van der Waals surface area (Å²) in [5.41, 5.74) is 4.12. The van der Waals surface area contributed by atoms with Crippen molar-refractivity contribution in [3.8, 4) is 0 Å². The van der Waals surface area contributed by atoms with Crippen LogP contribution in [0.3, 0.4) is 0 Å². The lowest BCUT2D eigenvalue weighted by molar-refractivity contribution is 0.115. The van der Waals surface area contributed by atoms with E-state index in [0.717, 1.165) is 24.4 Å². The molecule has 0 aliphatic heterocycles. The van der Waals surface area contributed by atoms with Crippen molar-refractivity contribution < 1.29 is 0 Å². The number of hydrogen-bond donors (Lipinski definition) is 1. The highest BCUT2D eigenvalue weighted by Crippen LogP contribution is 2.68. The maximum Gasteiger partial charge on any atom is 0.00883 e. The Bertz CT molecular complexity index is 431. The van der Waals surface area contributed by atoms with Crippen LogP contribution in [0.15, 0.2) is 24.3 Å². The molecule has 0 saturated heterocycles. The van der Waals surface area contributed by atoms with Gasteiger partial charge < -0.3 is 5.32 Å². The van der Waals surface area contributed by atoms with E-state index in [1.54, 1.807) is 5.56 Å². The zero-order valence-corrected chi connectivity index (χ0v) is 12.6. The molecule has 0 atom stereocenters. The van der Waals surface area contributed by atoms with Crippen molar-refractivity contribution in [3.05, 3.63) is 35.4 Å². The van der Waals surface area contributed by atoms with Crippen molar-refractivity contribution >= 4 is 0 Å². The van der Waals surface area contributed by atoms with Gasteiger partial charge >= 0.3 is 0 Å². The normalized spacial score (nSPS) is 22.5. The summed E-state index contributed by atoms with van der Waals surface area (Å²) in [6, 6.07) is 9.28. The van der Waals surface area contributed by atoms with Gasteiger partial charge in [0, 0.05) is 12.0 Å². The molecule has 2 fully saturated rings. The SMILES string of the molecule is Cc1ccc(C2(CNCC(C)C)CC3(CC3)C2)cc1. The Morgan fingerprint density at radius 3 is 2.26 bits per heavy atom. The third kappa shape index (κ3) is 2.58. The van der Waals surface area contributed by atoms with Gasteiger partial charge in [-0.15, -0.1) is 0 Å². The molecule has 19 heavy (non-hydrogen) atoms. The quantitative estimate of drug-likeness (QED) is 0.839. The smallest absolute Gasteiger partial charge is 0.00883 e. The summed E-state index contributed by atoms with van der Waals surface area (Å²) < 4.78 is 0. The molecule has 1 nitrogen and oxygen atoms in total. The molecule has 1 spiro atoms. The van der Waals surface area contributed by atoms with E-state index in [4.69, 9.17) is 0 Å². The molecule has 0 unspecified atom stereocenters. The van der Waals surface area contributed by atoms with Crippen molar-refractivity contribution in [1.82, 2.24) is 5.32 Å². The fraction of sp³-hybridized carbons (Fsp3) is 0.667. The molecule has 0 amide bonds. The standard InChI is InChI=1S/C18H27N/c1-14(2)10-19-13-18(11-17(12-18)8-9-17)16-6-4-15(3)5-7-16/h4-7,14,19H,8-13H2,1-3H3. The van der Waals surface area contributed by atoms with Crippen LogP contribution in [-0.2, 0) is 5.41 Å². The Kier molecular flexibility index (Phi) is 3.21. The van der Waals surface area contributed by atoms with Crippen LogP contribution in [0.4, 0.5) is 0 Å². The van der Waals surface area contributed by atoms with Gasteiger partial charge in [-0.25, -0.2) is 0 Å². The summed E-state index contributed by atoms with van der Waals surface area (Å²) in [5, 5.41) is 3.71. The Morgan fingerprint density at radius 2 is 1.74 bits per heavy atom. The van der Waals surface area contributed by atoms with E-state index < -0.39 is 0 Å². The minimum Gasteiger partial charge on any atom is -0.316 e. The molecule has 0 bridgehead atoms. The number of benzene rings is 1. The first-order valence-electron chi connectivity index (χ1n) is 7.82. The van der Waals surface area contributed by atoms with Crippen molar-refractivity contribution in [1.29, 1.82) is 0 Å². The molecule has 1 aromatic carbocycles. The van der Waals surface area contributed by atoms with Gasteiger partial charge in [-0.1, -0.05) is 43.7 Å². The number of hydrogen-bond acceptors (Lipinski definition) is 1. The van der Waals surface area contributed by atoms with Gasteiger partial charge in [0.05, 0.1) is 0 Å². The molecule has 3 rings (SSSR count). The van der Waals surface area contributed by atoms with Crippen LogP contribution < -0.4 is 5.32 Å². The van der Waals surface area contributed by atoms with Crippen LogP contribution in [0.2, 0.25) is 0 Å². The monoisotopic (exact) mass is 257 g/mol. The first-order chi connectivity index (χ1) is 9.04. The summed E-state index contributed by atoms with van der Waals surface area (Å²) in [7, 11) is 0. The second-order valence-electron chi connectivity index (χ2n) is 7.52. The number of aryl methyl sites for hydroxylation is 1. The van der Waals surface area contributed by atoms with Crippen LogP contribution in [0.25, 0.3) is 0 Å². The second kappa shape index (κ2) is 4.63. The average Bonchev–Trinajstić information content (AvgIpc) is 3.08. The van der Waals surface area contributed by atoms with Gasteiger partial charge in [-0.05, 0) is 56.0 Å². The fourth-order valence-corrected chi connectivity index (χ4v) is 3.85. The molecule has 0 aromatic heterocycles. The topological polar surface area (TPSA) is 12.0 Å². The van der Waals surface area contributed by atoms with Crippen LogP contribution in [0.1, 0.15) is 50.7 Å². The largest absolute Gasteiger partial charge is 0.316 e. The van der Waals surface area contributed by atoms with Gasteiger partial charge in [0.2, 0.25) is 0 Å². The number of rotatable bonds is 5. The molecule has 104 valence electrons. The molecule has 2 aliphatic carbocycles. The van der Waals surface area contributed by atoms with Crippen LogP contribution in [0.5, 0.6) is 0 Å². The lowest BCUT2D eigenvalue weighted by Crippen LogP contribution is -2.50. The summed E-state index contributed by atoms with van der Waals surface area (Å²) >= 11 is 0. The summed E-state index contributed by atoms with van der Waals surface area (Å²) in [6.07, 6.45) is 5.78. The fourth-order valence-electron chi connectivity index (χ4n) is 3.85. The first kappa shape index (κ1) is 13.2. The first-order valence-corrected chi connectivity index (χ1v) is 7.82. The average molecular weight is 257 g/mol. The van der Waals surface area contributed by atoms with E-state index in [2.05, 4.69) is 50.4 Å². The van der Waals surface area contributed by atoms with Gasteiger partial charge in [-0.2, -0.15) is 0 Å². The molecule has 1 aromatic rings. The van der Waals surface area contributed by atoms with E-state index in [1.807, 2.05) is 0 Å². The maximum absolute atomic E-state index is 3.71. The Hall–Kier alpha value is -0.820. The predicted molar refractivity (Wildman–Crippen MR) is 81.5 cm³/mol. The van der Waals surface area contributed by atoms with Crippen molar-refractivity contribution in [2.75, 3.05) is 13.1 Å². The third-order valence-electron chi connectivity index (χ3n) is 5.06. The van der Waals surface area contributed by atoms with E-state index in [0.29, 0.717) is 5.41 Å². The number of nitrogens with one attached hydrogen (secondary N) is 1. The van der Waals surface area contributed by atoms with Crippen LogP contribution in [-0.4, -0.2) is 13.1 Å². The van der Waals surface area contributed by atoms with Gasteiger partial charge in [0.25, 0.3) is 0 Å². The zero-order chi connectivity index (χ0) is 13.5. The highest BCUT2D eigenvalue weighted by Gasteiger charge is 2.60. The Labute approximate surface area is 117 Å². The third-order valence-corrected chi connectivity index (χ3v) is 5.06. The molecular weight excluding hydrogens is 230 g/mol. The van der Waals surface area contributed by atoms with Crippen molar-refractivity contribution in [2.24, 2.45) is 11.3 Å². The molecular formula is C18H27N. The molecule has 2 saturated carbocycles. The summed E-state index contributed by atoms with van der Waals surface area (Å²) in [5.74, 6) is 0.741. The zero-order valence-electron chi connectivity index (χ0n) is 12.6. The van der Waals surface area contributed by atoms with Crippen LogP contribution in [0, 0.1) is 18.3 Å². The van der Waals surface area contributed by atoms with Gasteiger partial charge in [0.1, 0.15) is 0 Å². The Balaban J connectivity index is 1.72. The molecule has 0 heterocycles. The van der Waals surface area contributed by atoms with Crippen molar-refractivity contribution in [3.63, 3.8) is 0 Å². The van der Waals surface area contributed by atoms with Crippen LogP contribution >= 0.6 is 0 Å². The van der Waals surface area contributed by atoms with Gasteiger partial charge in [0.15, 0.2) is 0 Å². The maximum atomic E-state index is 3.71. The van der Waals surface area contributed by atoms with E-state index >= 15 is 0 Å². The van der Waals surface area contributed by atoms with Gasteiger partial charge in [-0.3, -0.25) is 0 Å². The highest BCUT2D eigenvalue weighted by atomic mass is 14.9. The second-order valence-corrected chi connectivity index (χ2v) is 7.52. The summed E-state index contributed by atoms with van der Waals surface area (Å²) in [6.45, 7) is 9.05. The molecule has 0 radical (unpaired) electrons. The predicted octanol–water partition coefficient (Wildman–Crippen LogP) is 4.05. The lowest BCUT2D eigenvalue weighted by Gasteiger charge is -2.50. The molecule has 2 aliphatic rings. The van der Waals surface area contributed by atoms with E-state index in [1.165, 1.54) is 31.2 Å². The lowest BCUT2D eigenvalue weighted by atomic mass is 9.56. The van der Waals surface area contributed by atoms with E-state index in [9.17, 15) is 0 Å². The summed E-state index contributed by atoms with van der Waals surface area (Å²) in [4.78, 5) is 0. The molecule has 1 N–H and O–H groups in total. The van der Waals surface area contributed by atoms with Crippen molar-refractivity contribution in [2.45, 2.75) is 51.9 Å². The minimum absolute atomic E-state index is 0.430. The Morgan fingerprint density at radius 1 is 1.11 bits per heavy atom.